The van der Waals surface area contributed by atoms with E-state index in [1.807, 2.05) is 0 Å². The van der Waals surface area contributed by atoms with Crippen molar-refractivity contribution in [2.45, 2.75) is 71.4 Å². The molecule has 1 N–H and O–H groups in total. The number of morpholine rings is 1. The lowest BCUT2D eigenvalue weighted by Crippen LogP contribution is -2.64. The third-order valence-electron chi connectivity index (χ3n) is 5.03. The van der Waals surface area contributed by atoms with Gasteiger partial charge in [0, 0.05) is 12.6 Å². The maximum atomic E-state index is 6.43. The lowest BCUT2D eigenvalue weighted by molar-refractivity contribution is -0.170. The van der Waals surface area contributed by atoms with Crippen LogP contribution in [0.2, 0.25) is 0 Å². The summed E-state index contributed by atoms with van der Waals surface area (Å²) in [6, 6.07) is 0.616. The summed E-state index contributed by atoms with van der Waals surface area (Å²) >= 11 is 0. The third kappa shape index (κ3) is 2.34. The number of ether oxygens (including phenoxy) is 1. The van der Waals surface area contributed by atoms with E-state index in [2.05, 4.69) is 33.0 Å². The topological polar surface area (TPSA) is 21.3 Å². The van der Waals surface area contributed by atoms with Gasteiger partial charge in [-0.05, 0) is 48.9 Å². The van der Waals surface area contributed by atoms with E-state index in [0.717, 1.165) is 19.1 Å². The molecule has 1 atom stereocenters. The number of hydrogen-bond acceptors (Lipinski definition) is 2. The predicted octanol–water partition coefficient (Wildman–Crippen LogP) is 3.36. The highest BCUT2D eigenvalue weighted by molar-refractivity contribution is 5.10. The molecule has 0 radical (unpaired) electrons. The highest BCUT2D eigenvalue weighted by Gasteiger charge is 2.56. The first kappa shape index (κ1) is 12.9. The molecule has 3 aliphatic rings. The van der Waals surface area contributed by atoms with Gasteiger partial charge in [-0.1, -0.05) is 27.7 Å². The van der Waals surface area contributed by atoms with Crippen LogP contribution in [-0.4, -0.2) is 24.8 Å². The van der Waals surface area contributed by atoms with Crippen molar-refractivity contribution < 1.29 is 4.74 Å². The molecule has 2 aliphatic carbocycles. The normalized spacial score (nSPS) is 37.7. The van der Waals surface area contributed by atoms with Crippen molar-refractivity contribution in [2.75, 3.05) is 13.2 Å². The summed E-state index contributed by atoms with van der Waals surface area (Å²) in [5, 5.41) is 3.79. The SMILES string of the molecule is CC1(C)CC(C)(C)CC2(C1)OCCNC2C1CC1. The van der Waals surface area contributed by atoms with Crippen LogP contribution in [0, 0.1) is 16.7 Å². The highest BCUT2D eigenvalue weighted by Crippen LogP contribution is 2.56. The van der Waals surface area contributed by atoms with Gasteiger partial charge in [-0.3, -0.25) is 0 Å². The summed E-state index contributed by atoms with van der Waals surface area (Å²) in [5.41, 5.74) is 0.937. The first-order chi connectivity index (χ1) is 8.32. The summed E-state index contributed by atoms with van der Waals surface area (Å²) < 4.78 is 6.43. The Balaban J connectivity index is 1.90. The van der Waals surface area contributed by atoms with Crippen molar-refractivity contribution in [3.8, 4) is 0 Å². The van der Waals surface area contributed by atoms with Crippen molar-refractivity contribution >= 4 is 0 Å². The Kier molecular flexibility index (Phi) is 2.84. The molecule has 1 aliphatic heterocycles. The Bertz CT molecular complexity index is 314. The zero-order valence-corrected chi connectivity index (χ0v) is 12.5. The average molecular weight is 251 g/mol. The Hall–Kier alpha value is -0.0800. The Morgan fingerprint density at radius 3 is 2.11 bits per heavy atom. The molecule has 2 nitrogen and oxygen atoms in total. The van der Waals surface area contributed by atoms with Crippen LogP contribution in [0.5, 0.6) is 0 Å². The fourth-order valence-electron chi connectivity index (χ4n) is 5.20. The Morgan fingerprint density at radius 2 is 1.56 bits per heavy atom. The number of nitrogens with one attached hydrogen (secondary N) is 1. The van der Waals surface area contributed by atoms with E-state index in [1.54, 1.807) is 0 Å². The molecule has 1 spiro atoms. The molecule has 2 saturated carbocycles. The zero-order chi connectivity index (χ0) is 13.0. The molecule has 18 heavy (non-hydrogen) atoms. The van der Waals surface area contributed by atoms with E-state index in [1.165, 1.54) is 32.1 Å². The van der Waals surface area contributed by atoms with Gasteiger partial charge >= 0.3 is 0 Å². The van der Waals surface area contributed by atoms with Gasteiger partial charge in [-0.15, -0.1) is 0 Å². The molecule has 1 unspecified atom stereocenters. The quantitative estimate of drug-likeness (QED) is 0.771. The zero-order valence-electron chi connectivity index (χ0n) is 12.5. The molecule has 1 heterocycles. The van der Waals surface area contributed by atoms with Crippen LogP contribution in [0.15, 0.2) is 0 Å². The fraction of sp³-hybridized carbons (Fsp3) is 1.00. The largest absolute Gasteiger partial charge is 0.372 e. The van der Waals surface area contributed by atoms with Crippen LogP contribution < -0.4 is 5.32 Å². The van der Waals surface area contributed by atoms with Crippen molar-refractivity contribution in [3.63, 3.8) is 0 Å². The molecule has 0 aromatic rings. The van der Waals surface area contributed by atoms with E-state index >= 15 is 0 Å². The summed E-state index contributed by atoms with van der Waals surface area (Å²) in [6.45, 7) is 11.7. The molecule has 0 aromatic heterocycles. The van der Waals surface area contributed by atoms with Crippen molar-refractivity contribution in [1.29, 1.82) is 0 Å². The van der Waals surface area contributed by atoms with Crippen molar-refractivity contribution in [3.05, 3.63) is 0 Å². The second-order valence-electron chi connectivity index (χ2n) is 8.54. The molecule has 104 valence electrons. The van der Waals surface area contributed by atoms with Gasteiger partial charge in [0.1, 0.15) is 0 Å². The second kappa shape index (κ2) is 3.96. The Labute approximate surface area is 112 Å². The minimum Gasteiger partial charge on any atom is -0.372 e. The maximum absolute atomic E-state index is 6.43. The van der Waals surface area contributed by atoms with E-state index < -0.39 is 0 Å². The first-order valence-electron chi connectivity index (χ1n) is 7.69. The standard InChI is InChI=1S/C16H29NO/c1-14(2)9-15(3,4)11-16(10-14)13(12-5-6-12)17-7-8-18-16/h12-13,17H,5-11H2,1-4H3. The van der Waals surface area contributed by atoms with Crippen molar-refractivity contribution in [2.24, 2.45) is 16.7 Å². The monoisotopic (exact) mass is 251 g/mol. The number of hydrogen-bond donors (Lipinski definition) is 1. The first-order valence-corrected chi connectivity index (χ1v) is 7.69. The lowest BCUT2D eigenvalue weighted by Gasteiger charge is -2.56. The average Bonchev–Trinajstić information content (AvgIpc) is 2.95. The van der Waals surface area contributed by atoms with Gasteiger partial charge in [0.2, 0.25) is 0 Å². The predicted molar refractivity (Wildman–Crippen MR) is 74.6 cm³/mol. The molecule has 0 bridgehead atoms. The molecule has 2 heteroatoms. The van der Waals surface area contributed by atoms with Gasteiger partial charge in [0.15, 0.2) is 0 Å². The van der Waals surface area contributed by atoms with E-state index in [0.29, 0.717) is 16.9 Å². The van der Waals surface area contributed by atoms with Gasteiger partial charge in [0.05, 0.1) is 12.2 Å². The second-order valence-corrected chi connectivity index (χ2v) is 8.54. The summed E-state index contributed by atoms with van der Waals surface area (Å²) in [4.78, 5) is 0. The van der Waals surface area contributed by atoms with Gasteiger partial charge in [-0.25, -0.2) is 0 Å². The van der Waals surface area contributed by atoms with E-state index in [4.69, 9.17) is 4.74 Å². The highest BCUT2D eigenvalue weighted by atomic mass is 16.5. The van der Waals surface area contributed by atoms with Crippen LogP contribution in [0.3, 0.4) is 0 Å². The van der Waals surface area contributed by atoms with Crippen LogP contribution >= 0.6 is 0 Å². The van der Waals surface area contributed by atoms with Crippen LogP contribution in [-0.2, 0) is 4.74 Å². The molecular weight excluding hydrogens is 222 g/mol. The van der Waals surface area contributed by atoms with E-state index in [9.17, 15) is 0 Å². The third-order valence-corrected chi connectivity index (χ3v) is 5.03. The van der Waals surface area contributed by atoms with Crippen molar-refractivity contribution in [1.82, 2.24) is 5.32 Å². The fourth-order valence-corrected chi connectivity index (χ4v) is 5.20. The van der Waals surface area contributed by atoms with Crippen LogP contribution in [0.4, 0.5) is 0 Å². The van der Waals surface area contributed by atoms with Gasteiger partial charge in [0.25, 0.3) is 0 Å². The molecule has 0 amide bonds. The Morgan fingerprint density at radius 1 is 0.944 bits per heavy atom. The van der Waals surface area contributed by atoms with Gasteiger partial charge < -0.3 is 10.1 Å². The molecule has 0 aromatic carbocycles. The minimum atomic E-state index is 0.116. The summed E-state index contributed by atoms with van der Waals surface area (Å²) in [5.74, 6) is 0.884. The summed E-state index contributed by atoms with van der Waals surface area (Å²) in [7, 11) is 0. The lowest BCUT2D eigenvalue weighted by atomic mass is 9.57. The molecule has 3 fully saturated rings. The van der Waals surface area contributed by atoms with E-state index in [-0.39, 0.29) is 5.60 Å². The molecular formula is C16H29NO. The minimum absolute atomic E-state index is 0.116. The smallest absolute Gasteiger partial charge is 0.0848 e. The van der Waals surface area contributed by atoms with Gasteiger partial charge in [-0.2, -0.15) is 0 Å². The maximum Gasteiger partial charge on any atom is 0.0848 e. The summed E-state index contributed by atoms with van der Waals surface area (Å²) in [6.07, 6.45) is 6.60. The molecule has 3 rings (SSSR count). The van der Waals surface area contributed by atoms with Crippen LogP contribution in [0.25, 0.3) is 0 Å². The van der Waals surface area contributed by atoms with Crippen LogP contribution in [0.1, 0.15) is 59.8 Å². The number of rotatable bonds is 1. The molecule has 1 saturated heterocycles.